The molecule has 2 heteroatoms. The predicted molar refractivity (Wildman–Crippen MR) is 65.7 cm³/mol. The van der Waals surface area contributed by atoms with Crippen molar-refractivity contribution in [3.05, 3.63) is 34.9 Å². The first-order valence-corrected chi connectivity index (χ1v) is 5.89. The van der Waals surface area contributed by atoms with Gasteiger partial charge in [-0.1, -0.05) is 37.5 Å². The van der Waals surface area contributed by atoms with Crippen molar-refractivity contribution in [2.24, 2.45) is 0 Å². The number of esters is 1. The number of carbonyl (C=O) groups is 1. The molecule has 2 nitrogen and oxygen atoms in total. The largest absolute Gasteiger partial charge is 0.462 e. The average molecular weight is 220 g/mol. The fraction of sp³-hybridized carbons (Fsp3) is 0.500. The van der Waals surface area contributed by atoms with Crippen LogP contribution in [0.3, 0.4) is 0 Å². The topological polar surface area (TPSA) is 26.3 Å². The molecule has 0 fully saturated rings. The van der Waals surface area contributed by atoms with Gasteiger partial charge in [-0.3, -0.25) is 0 Å². The molecule has 0 aliphatic heterocycles. The SMILES string of the molecule is CCCCCOC(=O)c1ccc(C)cc1C. The van der Waals surface area contributed by atoms with Gasteiger partial charge in [0.05, 0.1) is 12.2 Å². The molecular formula is C14H20O2. The summed E-state index contributed by atoms with van der Waals surface area (Å²) in [7, 11) is 0. The zero-order valence-corrected chi connectivity index (χ0v) is 10.4. The second kappa shape index (κ2) is 6.31. The molecule has 0 saturated heterocycles. The molecule has 0 atom stereocenters. The Morgan fingerprint density at radius 3 is 2.62 bits per heavy atom. The van der Waals surface area contributed by atoms with E-state index in [1.807, 2.05) is 32.0 Å². The van der Waals surface area contributed by atoms with E-state index >= 15 is 0 Å². The third-order valence-corrected chi connectivity index (χ3v) is 2.58. The van der Waals surface area contributed by atoms with Crippen LogP contribution in [-0.2, 0) is 4.74 Å². The molecule has 88 valence electrons. The summed E-state index contributed by atoms with van der Waals surface area (Å²) in [6.07, 6.45) is 3.20. The Kier molecular flexibility index (Phi) is 5.03. The Labute approximate surface area is 97.6 Å². The third-order valence-electron chi connectivity index (χ3n) is 2.58. The lowest BCUT2D eigenvalue weighted by Crippen LogP contribution is -2.08. The number of ether oxygens (including phenoxy) is 1. The van der Waals surface area contributed by atoms with Gasteiger partial charge in [0.15, 0.2) is 0 Å². The number of rotatable bonds is 5. The van der Waals surface area contributed by atoms with Gasteiger partial charge >= 0.3 is 5.97 Å². The minimum Gasteiger partial charge on any atom is -0.462 e. The van der Waals surface area contributed by atoms with Gasteiger partial charge in [-0.15, -0.1) is 0 Å². The number of aryl methyl sites for hydroxylation is 2. The molecule has 1 aromatic rings. The minimum atomic E-state index is -0.200. The number of benzene rings is 1. The Morgan fingerprint density at radius 1 is 1.25 bits per heavy atom. The van der Waals surface area contributed by atoms with Crippen LogP contribution in [0.15, 0.2) is 18.2 Å². The van der Waals surface area contributed by atoms with Crippen molar-refractivity contribution >= 4 is 5.97 Å². The first kappa shape index (κ1) is 12.8. The molecule has 1 rings (SSSR count). The first-order chi connectivity index (χ1) is 7.65. The maximum atomic E-state index is 11.7. The van der Waals surface area contributed by atoms with E-state index in [1.54, 1.807) is 0 Å². The summed E-state index contributed by atoms with van der Waals surface area (Å²) in [6, 6.07) is 5.78. The summed E-state index contributed by atoms with van der Waals surface area (Å²) in [5.74, 6) is -0.200. The quantitative estimate of drug-likeness (QED) is 0.559. The second-order valence-corrected chi connectivity index (χ2v) is 4.16. The number of carbonyl (C=O) groups excluding carboxylic acids is 1. The van der Waals surface area contributed by atoms with Crippen LogP contribution in [0.2, 0.25) is 0 Å². The summed E-state index contributed by atoms with van der Waals surface area (Å²) in [6.45, 7) is 6.62. The Hall–Kier alpha value is -1.31. The maximum absolute atomic E-state index is 11.7. The van der Waals surface area contributed by atoms with Crippen molar-refractivity contribution in [3.8, 4) is 0 Å². The predicted octanol–water partition coefficient (Wildman–Crippen LogP) is 3.65. The summed E-state index contributed by atoms with van der Waals surface area (Å²) in [5.41, 5.74) is 2.84. The maximum Gasteiger partial charge on any atom is 0.338 e. The van der Waals surface area contributed by atoms with Gasteiger partial charge in [0.1, 0.15) is 0 Å². The van der Waals surface area contributed by atoms with Crippen molar-refractivity contribution in [2.45, 2.75) is 40.0 Å². The van der Waals surface area contributed by atoms with Crippen LogP contribution in [0.5, 0.6) is 0 Å². The highest BCUT2D eigenvalue weighted by Gasteiger charge is 2.09. The van der Waals surface area contributed by atoms with Gasteiger partial charge in [0.2, 0.25) is 0 Å². The van der Waals surface area contributed by atoms with E-state index < -0.39 is 0 Å². The van der Waals surface area contributed by atoms with E-state index in [1.165, 1.54) is 5.56 Å². The first-order valence-electron chi connectivity index (χ1n) is 5.89. The van der Waals surface area contributed by atoms with E-state index in [4.69, 9.17) is 4.74 Å². The molecule has 0 aliphatic carbocycles. The smallest absolute Gasteiger partial charge is 0.338 e. The van der Waals surface area contributed by atoms with Crippen molar-refractivity contribution in [1.82, 2.24) is 0 Å². The Morgan fingerprint density at radius 2 is 2.00 bits per heavy atom. The molecule has 1 aromatic carbocycles. The lowest BCUT2D eigenvalue weighted by atomic mass is 10.1. The van der Waals surface area contributed by atoms with Gasteiger partial charge in [-0.25, -0.2) is 4.79 Å². The summed E-state index contributed by atoms with van der Waals surface area (Å²) in [4.78, 5) is 11.7. The fourth-order valence-corrected chi connectivity index (χ4v) is 1.64. The van der Waals surface area contributed by atoms with E-state index in [0.29, 0.717) is 12.2 Å². The van der Waals surface area contributed by atoms with Crippen LogP contribution >= 0.6 is 0 Å². The number of hydrogen-bond donors (Lipinski definition) is 0. The molecule has 0 radical (unpaired) electrons. The zero-order valence-electron chi connectivity index (χ0n) is 10.4. The Bertz CT molecular complexity index is 356. The normalized spacial score (nSPS) is 10.2. The van der Waals surface area contributed by atoms with Crippen LogP contribution < -0.4 is 0 Å². The van der Waals surface area contributed by atoms with Crippen LogP contribution in [0.4, 0.5) is 0 Å². The lowest BCUT2D eigenvalue weighted by molar-refractivity contribution is 0.0497. The third kappa shape index (κ3) is 3.69. The van der Waals surface area contributed by atoms with E-state index in [2.05, 4.69) is 6.92 Å². The van der Waals surface area contributed by atoms with Crippen molar-refractivity contribution in [3.63, 3.8) is 0 Å². The summed E-state index contributed by atoms with van der Waals surface area (Å²) in [5, 5.41) is 0. The molecule has 0 amide bonds. The molecule has 0 bridgehead atoms. The van der Waals surface area contributed by atoms with Gasteiger partial charge in [-0.2, -0.15) is 0 Å². The summed E-state index contributed by atoms with van der Waals surface area (Å²) < 4.78 is 5.21. The number of unbranched alkanes of at least 4 members (excludes halogenated alkanes) is 2. The molecule has 0 aliphatic rings. The van der Waals surface area contributed by atoms with Crippen molar-refractivity contribution < 1.29 is 9.53 Å². The molecule has 16 heavy (non-hydrogen) atoms. The molecular weight excluding hydrogens is 200 g/mol. The zero-order chi connectivity index (χ0) is 12.0. The van der Waals surface area contributed by atoms with Crippen LogP contribution in [0.1, 0.15) is 47.7 Å². The lowest BCUT2D eigenvalue weighted by Gasteiger charge is -2.07. The fourth-order valence-electron chi connectivity index (χ4n) is 1.64. The minimum absolute atomic E-state index is 0.200. The van der Waals surface area contributed by atoms with Crippen molar-refractivity contribution in [2.75, 3.05) is 6.61 Å². The summed E-state index contributed by atoms with van der Waals surface area (Å²) >= 11 is 0. The van der Waals surface area contributed by atoms with Gasteiger partial charge in [-0.05, 0) is 31.9 Å². The number of hydrogen-bond acceptors (Lipinski definition) is 2. The van der Waals surface area contributed by atoms with E-state index in [0.717, 1.165) is 24.8 Å². The highest BCUT2D eigenvalue weighted by Crippen LogP contribution is 2.12. The highest BCUT2D eigenvalue weighted by molar-refractivity contribution is 5.91. The van der Waals surface area contributed by atoms with Gasteiger partial charge in [0.25, 0.3) is 0 Å². The van der Waals surface area contributed by atoms with Crippen molar-refractivity contribution in [1.29, 1.82) is 0 Å². The molecule has 0 heterocycles. The van der Waals surface area contributed by atoms with Crippen LogP contribution in [0.25, 0.3) is 0 Å². The molecule has 0 saturated carbocycles. The molecule has 0 N–H and O–H groups in total. The second-order valence-electron chi connectivity index (χ2n) is 4.16. The standard InChI is InChI=1S/C14H20O2/c1-4-5-6-9-16-14(15)13-8-7-11(2)10-12(13)3/h7-8,10H,4-6,9H2,1-3H3. The van der Waals surface area contributed by atoms with Crippen LogP contribution in [0, 0.1) is 13.8 Å². The van der Waals surface area contributed by atoms with Gasteiger partial charge in [0, 0.05) is 0 Å². The van der Waals surface area contributed by atoms with Crippen LogP contribution in [-0.4, -0.2) is 12.6 Å². The molecule has 0 unspecified atom stereocenters. The monoisotopic (exact) mass is 220 g/mol. The van der Waals surface area contributed by atoms with Gasteiger partial charge < -0.3 is 4.74 Å². The van der Waals surface area contributed by atoms with E-state index in [-0.39, 0.29) is 5.97 Å². The van der Waals surface area contributed by atoms with E-state index in [9.17, 15) is 4.79 Å². The Balaban J connectivity index is 2.53. The molecule has 0 spiro atoms. The highest BCUT2D eigenvalue weighted by atomic mass is 16.5. The molecule has 0 aromatic heterocycles. The average Bonchev–Trinajstić information content (AvgIpc) is 2.24.